The van der Waals surface area contributed by atoms with E-state index < -0.39 is 0 Å². The van der Waals surface area contributed by atoms with Gasteiger partial charge in [-0.3, -0.25) is 9.59 Å². The first kappa shape index (κ1) is 18.7. The van der Waals surface area contributed by atoms with Crippen molar-refractivity contribution in [3.8, 4) is 0 Å². The van der Waals surface area contributed by atoms with Crippen LogP contribution in [0.2, 0.25) is 10.0 Å². The Bertz CT molecular complexity index is 796. The van der Waals surface area contributed by atoms with Crippen LogP contribution < -0.4 is 5.32 Å². The lowest BCUT2D eigenvalue weighted by atomic mass is 10.1. The molecule has 0 saturated carbocycles. The zero-order valence-corrected chi connectivity index (χ0v) is 15.8. The van der Waals surface area contributed by atoms with E-state index in [0.717, 1.165) is 6.42 Å². The van der Waals surface area contributed by atoms with Crippen LogP contribution in [-0.4, -0.2) is 36.3 Å². The number of rotatable bonds is 6. The van der Waals surface area contributed by atoms with Crippen LogP contribution in [0.25, 0.3) is 0 Å². The van der Waals surface area contributed by atoms with E-state index in [9.17, 15) is 9.59 Å². The molecular formula is C20H20Cl2N2O2. The first-order valence-electron chi connectivity index (χ1n) is 8.58. The van der Waals surface area contributed by atoms with E-state index in [0.29, 0.717) is 41.7 Å². The van der Waals surface area contributed by atoms with Gasteiger partial charge < -0.3 is 10.2 Å². The van der Waals surface area contributed by atoms with Gasteiger partial charge in [0, 0.05) is 37.5 Å². The van der Waals surface area contributed by atoms with Crippen LogP contribution in [0.1, 0.15) is 22.3 Å². The zero-order chi connectivity index (χ0) is 18.5. The van der Waals surface area contributed by atoms with Gasteiger partial charge in [0.05, 0.1) is 10.0 Å². The second-order valence-corrected chi connectivity index (χ2v) is 7.30. The molecule has 2 amide bonds. The Kier molecular flexibility index (Phi) is 6.17. The SMILES string of the molecule is O=C(NCC1CC(=O)N(CCc2ccccc2)C1)c1ccc(Cl)c(Cl)c1. The Morgan fingerprint density at radius 2 is 1.88 bits per heavy atom. The largest absolute Gasteiger partial charge is 0.352 e. The highest BCUT2D eigenvalue weighted by Crippen LogP contribution is 2.23. The Balaban J connectivity index is 1.48. The molecule has 3 rings (SSSR count). The second kappa shape index (κ2) is 8.56. The van der Waals surface area contributed by atoms with Crippen LogP contribution in [0.3, 0.4) is 0 Å². The normalized spacial score (nSPS) is 16.8. The van der Waals surface area contributed by atoms with Crippen molar-refractivity contribution >= 4 is 35.0 Å². The van der Waals surface area contributed by atoms with Gasteiger partial charge >= 0.3 is 0 Å². The predicted octanol–water partition coefficient (Wildman–Crippen LogP) is 3.81. The van der Waals surface area contributed by atoms with Crippen LogP contribution in [0.4, 0.5) is 0 Å². The number of nitrogens with zero attached hydrogens (tertiary/aromatic N) is 1. The summed E-state index contributed by atoms with van der Waals surface area (Å²) in [5.41, 5.74) is 1.68. The average Bonchev–Trinajstić information content (AvgIpc) is 3.01. The Morgan fingerprint density at radius 3 is 2.62 bits per heavy atom. The van der Waals surface area contributed by atoms with Gasteiger partial charge in [0.2, 0.25) is 5.91 Å². The third-order valence-corrected chi connectivity index (χ3v) is 5.28. The molecule has 6 heteroatoms. The third kappa shape index (κ3) is 4.77. The predicted molar refractivity (Wildman–Crippen MR) is 104 cm³/mol. The number of hydrogen-bond donors (Lipinski definition) is 1. The van der Waals surface area contributed by atoms with E-state index in [2.05, 4.69) is 17.4 Å². The summed E-state index contributed by atoms with van der Waals surface area (Å²) in [7, 11) is 0. The molecule has 0 aliphatic carbocycles. The molecule has 136 valence electrons. The number of nitrogens with one attached hydrogen (secondary N) is 1. The maximum Gasteiger partial charge on any atom is 0.251 e. The van der Waals surface area contributed by atoms with Crippen LogP contribution in [0.5, 0.6) is 0 Å². The van der Waals surface area contributed by atoms with Crippen molar-refractivity contribution in [1.82, 2.24) is 10.2 Å². The number of hydrogen-bond acceptors (Lipinski definition) is 2. The van der Waals surface area contributed by atoms with Crippen molar-refractivity contribution in [2.45, 2.75) is 12.8 Å². The number of amides is 2. The summed E-state index contributed by atoms with van der Waals surface area (Å²) in [5, 5.41) is 3.65. The number of carbonyl (C=O) groups excluding carboxylic acids is 2. The lowest BCUT2D eigenvalue weighted by Crippen LogP contribution is -2.32. The molecule has 0 aromatic heterocycles. The number of benzene rings is 2. The lowest BCUT2D eigenvalue weighted by Gasteiger charge is -2.17. The minimum atomic E-state index is -0.209. The Hall–Kier alpha value is -2.04. The van der Waals surface area contributed by atoms with Gasteiger partial charge in [-0.05, 0) is 30.2 Å². The molecule has 1 fully saturated rings. The molecule has 26 heavy (non-hydrogen) atoms. The molecule has 2 aromatic rings. The molecule has 1 unspecified atom stereocenters. The summed E-state index contributed by atoms with van der Waals surface area (Å²) < 4.78 is 0. The van der Waals surface area contributed by atoms with Crippen molar-refractivity contribution < 1.29 is 9.59 Å². The fraction of sp³-hybridized carbons (Fsp3) is 0.300. The minimum absolute atomic E-state index is 0.130. The quantitative estimate of drug-likeness (QED) is 0.814. The van der Waals surface area contributed by atoms with Gasteiger partial charge in [0.25, 0.3) is 5.91 Å². The standard InChI is InChI=1S/C20H20Cl2N2O2/c21-17-7-6-16(11-18(17)22)20(26)23-12-15-10-19(25)24(13-15)9-8-14-4-2-1-3-5-14/h1-7,11,15H,8-10,12-13H2,(H,23,26). The molecule has 1 aliphatic rings. The Labute approximate surface area is 163 Å². The average molecular weight is 391 g/mol. The van der Waals surface area contributed by atoms with Gasteiger partial charge in [0.1, 0.15) is 0 Å². The molecular weight excluding hydrogens is 371 g/mol. The third-order valence-electron chi connectivity index (χ3n) is 4.54. The number of carbonyl (C=O) groups is 2. The first-order chi connectivity index (χ1) is 12.5. The van der Waals surface area contributed by atoms with Gasteiger partial charge in [-0.15, -0.1) is 0 Å². The summed E-state index contributed by atoms with van der Waals surface area (Å²) in [6.45, 7) is 1.85. The van der Waals surface area contributed by atoms with Gasteiger partial charge in [0.15, 0.2) is 0 Å². The van der Waals surface area contributed by atoms with Gasteiger partial charge in [-0.2, -0.15) is 0 Å². The number of likely N-dealkylation sites (tertiary alicyclic amines) is 1. The first-order valence-corrected chi connectivity index (χ1v) is 9.33. The summed E-state index contributed by atoms with van der Waals surface area (Å²) >= 11 is 11.8. The monoisotopic (exact) mass is 390 g/mol. The van der Waals surface area contributed by atoms with Crippen molar-refractivity contribution in [2.24, 2.45) is 5.92 Å². The highest BCUT2D eigenvalue weighted by Gasteiger charge is 2.29. The van der Waals surface area contributed by atoms with Crippen molar-refractivity contribution in [3.05, 3.63) is 69.7 Å². The van der Waals surface area contributed by atoms with Crippen LogP contribution in [0.15, 0.2) is 48.5 Å². The molecule has 0 radical (unpaired) electrons. The van der Waals surface area contributed by atoms with Crippen molar-refractivity contribution in [3.63, 3.8) is 0 Å². The van der Waals surface area contributed by atoms with E-state index >= 15 is 0 Å². The molecule has 1 saturated heterocycles. The molecule has 2 aromatic carbocycles. The van der Waals surface area contributed by atoms with Crippen LogP contribution in [0, 0.1) is 5.92 Å². The summed E-state index contributed by atoms with van der Waals surface area (Å²) in [4.78, 5) is 26.3. The lowest BCUT2D eigenvalue weighted by molar-refractivity contribution is -0.127. The topological polar surface area (TPSA) is 49.4 Å². The van der Waals surface area contributed by atoms with Gasteiger partial charge in [-0.1, -0.05) is 53.5 Å². The highest BCUT2D eigenvalue weighted by atomic mass is 35.5. The molecule has 1 N–H and O–H groups in total. The summed E-state index contributed by atoms with van der Waals surface area (Å²) in [6, 6.07) is 14.9. The molecule has 0 bridgehead atoms. The summed E-state index contributed by atoms with van der Waals surface area (Å²) in [6.07, 6.45) is 1.31. The molecule has 1 atom stereocenters. The second-order valence-electron chi connectivity index (χ2n) is 6.48. The zero-order valence-electron chi connectivity index (χ0n) is 14.3. The van der Waals surface area contributed by atoms with E-state index in [1.807, 2.05) is 23.1 Å². The molecule has 0 spiro atoms. The molecule has 4 nitrogen and oxygen atoms in total. The maximum atomic E-state index is 12.2. The van der Waals surface area contributed by atoms with Gasteiger partial charge in [-0.25, -0.2) is 0 Å². The van der Waals surface area contributed by atoms with E-state index in [4.69, 9.17) is 23.2 Å². The highest BCUT2D eigenvalue weighted by molar-refractivity contribution is 6.42. The smallest absolute Gasteiger partial charge is 0.251 e. The van der Waals surface area contributed by atoms with E-state index in [1.54, 1.807) is 18.2 Å². The minimum Gasteiger partial charge on any atom is -0.352 e. The summed E-state index contributed by atoms with van der Waals surface area (Å²) in [5.74, 6) is 0.0680. The van der Waals surface area contributed by atoms with Crippen molar-refractivity contribution in [2.75, 3.05) is 19.6 Å². The van der Waals surface area contributed by atoms with E-state index in [-0.39, 0.29) is 17.7 Å². The van der Waals surface area contributed by atoms with Crippen LogP contribution in [-0.2, 0) is 11.2 Å². The van der Waals surface area contributed by atoms with Crippen LogP contribution >= 0.6 is 23.2 Å². The molecule has 1 aliphatic heterocycles. The van der Waals surface area contributed by atoms with Crippen molar-refractivity contribution in [1.29, 1.82) is 0 Å². The van der Waals surface area contributed by atoms with E-state index in [1.165, 1.54) is 5.56 Å². The number of halogens is 2. The Morgan fingerprint density at radius 1 is 1.12 bits per heavy atom. The fourth-order valence-electron chi connectivity index (χ4n) is 3.09. The fourth-order valence-corrected chi connectivity index (χ4v) is 3.39. The maximum absolute atomic E-state index is 12.2. The molecule has 1 heterocycles.